The minimum Gasteiger partial charge on any atom is -1.00 e. The van der Waals surface area contributed by atoms with Gasteiger partial charge in [-0.15, -0.1) is 0 Å². The summed E-state index contributed by atoms with van der Waals surface area (Å²) in [5, 5.41) is 4.50. The third-order valence-corrected chi connectivity index (χ3v) is 10.5. The van der Waals surface area contributed by atoms with Crippen molar-refractivity contribution < 1.29 is 24.0 Å². The zero-order valence-corrected chi connectivity index (χ0v) is 22.2. The van der Waals surface area contributed by atoms with Crippen LogP contribution in [-0.2, 0) is 0 Å². The molecule has 0 N–H and O–H groups in total. The molecule has 1 atom stereocenters. The molecule has 0 aliphatic rings. The summed E-state index contributed by atoms with van der Waals surface area (Å²) in [4.78, 5) is 0. The van der Waals surface area contributed by atoms with E-state index in [0.29, 0.717) is 0 Å². The zero-order valence-electron chi connectivity index (χ0n) is 19.2. The lowest BCUT2D eigenvalue weighted by Gasteiger charge is -2.28. The van der Waals surface area contributed by atoms with Crippen LogP contribution in [0.4, 0.5) is 0 Å². The fourth-order valence-corrected chi connectivity index (χ4v) is 8.73. The molecule has 0 aromatic heterocycles. The SMILES string of the molecule is CC(C)=CCC[C@@H](C)CCC[P+](c1ccccc1)(c1ccccc1)c1ccccc1.[I-]. The van der Waals surface area contributed by atoms with E-state index in [2.05, 4.69) is 118 Å². The van der Waals surface area contributed by atoms with Crippen LogP contribution in [0, 0.1) is 5.92 Å². The van der Waals surface area contributed by atoms with Crippen molar-refractivity contribution in [2.75, 3.05) is 6.16 Å². The average Bonchev–Trinajstić information content (AvgIpc) is 2.78. The van der Waals surface area contributed by atoms with Crippen LogP contribution in [0.2, 0.25) is 0 Å². The molecule has 3 rings (SSSR count). The van der Waals surface area contributed by atoms with Crippen LogP contribution in [0.1, 0.15) is 46.5 Å². The second kappa shape index (κ2) is 13.2. The van der Waals surface area contributed by atoms with Crippen molar-refractivity contribution in [1.82, 2.24) is 0 Å². The molecule has 0 radical (unpaired) electrons. The van der Waals surface area contributed by atoms with E-state index in [4.69, 9.17) is 0 Å². The molecule has 164 valence electrons. The summed E-state index contributed by atoms with van der Waals surface area (Å²) in [7, 11) is -1.66. The van der Waals surface area contributed by atoms with E-state index < -0.39 is 7.26 Å². The fraction of sp³-hybridized carbons (Fsp3) is 0.310. The summed E-state index contributed by atoms with van der Waals surface area (Å²) >= 11 is 0. The van der Waals surface area contributed by atoms with Crippen LogP contribution in [0.3, 0.4) is 0 Å². The Kier molecular flexibility index (Phi) is 11.0. The molecule has 0 bridgehead atoms. The lowest BCUT2D eigenvalue weighted by Crippen LogP contribution is -3.00. The molecule has 0 amide bonds. The number of rotatable bonds is 10. The Labute approximate surface area is 207 Å². The summed E-state index contributed by atoms with van der Waals surface area (Å²) in [6.45, 7) is 6.82. The van der Waals surface area contributed by atoms with Crippen LogP contribution >= 0.6 is 7.26 Å². The van der Waals surface area contributed by atoms with E-state index in [1.807, 2.05) is 0 Å². The van der Waals surface area contributed by atoms with Crippen LogP contribution in [0.15, 0.2) is 103 Å². The van der Waals surface area contributed by atoms with E-state index in [0.717, 1.165) is 5.92 Å². The van der Waals surface area contributed by atoms with Gasteiger partial charge in [0.25, 0.3) is 0 Å². The van der Waals surface area contributed by atoms with Crippen molar-refractivity contribution in [3.05, 3.63) is 103 Å². The highest BCUT2D eigenvalue weighted by Crippen LogP contribution is 2.56. The molecule has 2 heteroatoms. The standard InChI is InChI=1S/C29H36P.HI/c1-25(2)15-13-16-26(3)17-14-24-30(27-18-7-4-8-19-27,28-20-9-5-10-21-28)29-22-11-6-12-23-29;/h4-12,15,18-23,26H,13-14,16-17,24H2,1-3H3;1H/q+1;/p-1/t26-;/m1./s1. The number of halogens is 1. The molecule has 0 unspecified atom stereocenters. The van der Waals surface area contributed by atoms with Gasteiger partial charge in [0.05, 0.1) is 6.16 Å². The fourth-order valence-electron chi connectivity index (χ4n) is 4.36. The zero-order chi connectivity index (χ0) is 21.2. The number of hydrogen-bond acceptors (Lipinski definition) is 0. The van der Waals surface area contributed by atoms with Crippen molar-refractivity contribution >= 4 is 23.2 Å². The average molecular weight is 542 g/mol. The summed E-state index contributed by atoms with van der Waals surface area (Å²) in [5.41, 5.74) is 1.43. The molecule has 0 aliphatic heterocycles. The molecule has 0 saturated carbocycles. The molecule has 3 aromatic carbocycles. The Hall–Kier alpha value is -1.44. The smallest absolute Gasteiger partial charge is 0.112 e. The van der Waals surface area contributed by atoms with Gasteiger partial charge in [-0.2, -0.15) is 0 Å². The minimum atomic E-state index is -1.66. The Bertz CT molecular complexity index is 803. The van der Waals surface area contributed by atoms with Crippen molar-refractivity contribution in [3.63, 3.8) is 0 Å². The van der Waals surface area contributed by atoms with E-state index in [9.17, 15) is 0 Å². The Morgan fingerprint density at radius 3 is 1.52 bits per heavy atom. The second-order valence-corrected chi connectivity index (χ2v) is 12.3. The van der Waals surface area contributed by atoms with Gasteiger partial charge in [-0.1, -0.05) is 73.2 Å². The molecule has 0 aliphatic carbocycles. The number of hydrogen-bond donors (Lipinski definition) is 0. The maximum Gasteiger partial charge on any atom is 0.112 e. The lowest BCUT2D eigenvalue weighted by molar-refractivity contribution is -0.00000625. The largest absolute Gasteiger partial charge is 1.00 e. The molecule has 3 aromatic rings. The third-order valence-electron chi connectivity index (χ3n) is 5.99. The molecular formula is C29H36IP. The molecular weight excluding hydrogens is 506 g/mol. The highest BCUT2D eigenvalue weighted by molar-refractivity contribution is 7.95. The van der Waals surface area contributed by atoms with Crippen molar-refractivity contribution in [3.8, 4) is 0 Å². The monoisotopic (exact) mass is 542 g/mol. The summed E-state index contributed by atoms with van der Waals surface area (Å²) < 4.78 is 0. The molecule has 0 fully saturated rings. The van der Waals surface area contributed by atoms with E-state index in [1.165, 1.54) is 53.3 Å². The maximum absolute atomic E-state index is 2.42. The molecule has 0 spiro atoms. The van der Waals surface area contributed by atoms with E-state index in [1.54, 1.807) is 0 Å². The summed E-state index contributed by atoms with van der Waals surface area (Å²) in [6.07, 6.45) is 8.68. The second-order valence-electron chi connectivity index (χ2n) is 8.65. The quantitative estimate of drug-likeness (QED) is 0.205. The Balaban J connectivity index is 0.00000341. The lowest BCUT2D eigenvalue weighted by atomic mass is 10.00. The Morgan fingerprint density at radius 2 is 1.13 bits per heavy atom. The van der Waals surface area contributed by atoms with Gasteiger partial charge in [0.2, 0.25) is 0 Å². The number of benzene rings is 3. The normalized spacial score (nSPS) is 12.0. The van der Waals surface area contributed by atoms with Gasteiger partial charge in [0.1, 0.15) is 23.2 Å². The van der Waals surface area contributed by atoms with E-state index >= 15 is 0 Å². The molecule has 31 heavy (non-hydrogen) atoms. The van der Waals surface area contributed by atoms with E-state index in [-0.39, 0.29) is 24.0 Å². The topological polar surface area (TPSA) is 0 Å². The highest BCUT2D eigenvalue weighted by atomic mass is 127. The third kappa shape index (κ3) is 7.02. The first-order valence-electron chi connectivity index (χ1n) is 11.3. The van der Waals surface area contributed by atoms with Gasteiger partial charge in [0.15, 0.2) is 0 Å². The van der Waals surface area contributed by atoms with Gasteiger partial charge in [-0.25, -0.2) is 0 Å². The van der Waals surface area contributed by atoms with Gasteiger partial charge in [0, 0.05) is 0 Å². The molecule has 0 nitrogen and oxygen atoms in total. The first-order valence-corrected chi connectivity index (χ1v) is 13.3. The first-order chi connectivity index (χ1) is 14.6. The summed E-state index contributed by atoms with van der Waals surface area (Å²) in [6, 6.07) is 33.8. The van der Waals surface area contributed by atoms with Crippen molar-refractivity contribution in [2.24, 2.45) is 5.92 Å². The number of allylic oxidation sites excluding steroid dienone is 2. The predicted molar refractivity (Wildman–Crippen MR) is 137 cm³/mol. The maximum atomic E-state index is 2.42. The molecule has 0 saturated heterocycles. The van der Waals surface area contributed by atoms with Gasteiger partial charge < -0.3 is 24.0 Å². The highest BCUT2D eigenvalue weighted by Gasteiger charge is 2.44. The van der Waals surface area contributed by atoms with Gasteiger partial charge in [-0.05, 0) is 81.8 Å². The predicted octanol–water partition coefficient (Wildman–Crippen LogP) is 4.15. The first kappa shape index (κ1) is 25.8. The molecule has 0 heterocycles. The van der Waals surface area contributed by atoms with Crippen LogP contribution in [0.25, 0.3) is 0 Å². The van der Waals surface area contributed by atoms with Crippen LogP contribution in [-0.4, -0.2) is 6.16 Å². The summed E-state index contributed by atoms with van der Waals surface area (Å²) in [5.74, 6) is 0.768. The van der Waals surface area contributed by atoms with Gasteiger partial charge in [-0.3, -0.25) is 0 Å². The minimum absolute atomic E-state index is 0. The van der Waals surface area contributed by atoms with Crippen LogP contribution in [0.5, 0.6) is 0 Å². The van der Waals surface area contributed by atoms with Crippen molar-refractivity contribution in [1.29, 1.82) is 0 Å². The Morgan fingerprint density at radius 1 is 0.710 bits per heavy atom. The van der Waals surface area contributed by atoms with Crippen LogP contribution < -0.4 is 39.9 Å². The van der Waals surface area contributed by atoms with Gasteiger partial charge >= 0.3 is 0 Å². The van der Waals surface area contributed by atoms with Crippen molar-refractivity contribution in [2.45, 2.75) is 46.5 Å².